The molecule has 2 heterocycles. The predicted octanol–water partition coefficient (Wildman–Crippen LogP) is 2.79. The fraction of sp³-hybridized carbons (Fsp3) is 0.217. The van der Waals surface area contributed by atoms with Crippen LogP contribution in [0.4, 0.5) is 5.69 Å². The van der Waals surface area contributed by atoms with Crippen LogP contribution in [0, 0.1) is 10.1 Å². The lowest BCUT2D eigenvalue weighted by Crippen LogP contribution is -2.46. The normalized spacial score (nSPS) is 16.5. The molecule has 1 aliphatic heterocycles. The third-order valence-corrected chi connectivity index (χ3v) is 6.77. The molecular weight excluding hydrogens is 474 g/mol. The van der Waals surface area contributed by atoms with Gasteiger partial charge in [0.2, 0.25) is 16.4 Å². The molecule has 12 heteroatoms. The van der Waals surface area contributed by atoms with Gasteiger partial charge in [0.05, 0.1) is 11.0 Å². The van der Waals surface area contributed by atoms with E-state index in [1.165, 1.54) is 30.7 Å². The Hall–Kier alpha value is -3.87. The maximum absolute atomic E-state index is 13.3. The predicted molar refractivity (Wildman–Crippen MR) is 127 cm³/mol. The number of benzene rings is 2. The van der Waals surface area contributed by atoms with Crippen LogP contribution < -0.4 is 9.46 Å². The summed E-state index contributed by atoms with van der Waals surface area (Å²) in [5.41, 5.74) is 1.08. The maximum Gasteiger partial charge on any atom is 0.330 e. The minimum Gasteiger partial charge on any atom is -0.483 e. The number of nitro groups is 1. The zero-order chi connectivity index (χ0) is 24.8. The molecule has 0 bridgehead atoms. The summed E-state index contributed by atoms with van der Waals surface area (Å²) in [7, 11) is -4.30. The standard InChI is InChI=1S/C23H23N5O6S/c1-2-11-33-20-9-6-10-21(22(20)28(29)30)35(31,32)26-19-12-18(23-24-16-34-25-23)14-27(15-19)13-17-7-4-3-5-8-17/h2-10,12,16,19,26H,1,11,13-15H2. The Labute approximate surface area is 201 Å². The first-order chi connectivity index (χ1) is 16.9. The van der Waals surface area contributed by atoms with Gasteiger partial charge in [-0.25, -0.2) is 13.1 Å². The molecule has 1 unspecified atom stereocenters. The van der Waals surface area contributed by atoms with Gasteiger partial charge in [0, 0.05) is 25.2 Å². The number of ether oxygens (including phenoxy) is 1. The van der Waals surface area contributed by atoms with Crippen LogP contribution in [-0.2, 0) is 16.6 Å². The third kappa shape index (κ3) is 5.80. The molecule has 1 N–H and O–H groups in total. The Kier molecular flexibility index (Phi) is 7.34. The fourth-order valence-corrected chi connectivity index (χ4v) is 5.21. The molecule has 35 heavy (non-hydrogen) atoms. The molecule has 0 saturated heterocycles. The van der Waals surface area contributed by atoms with Gasteiger partial charge in [-0.2, -0.15) is 4.98 Å². The maximum atomic E-state index is 13.3. The second-order valence-corrected chi connectivity index (χ2v) is 9.47. The number of nitrogens with one attached hydrogen (secondary N) is 1. The number of hydrogen-bond donors (Lipinski definition) is 1. The highest BCUT2D eigenvalue weighted by atomic mass is 32.2. The van der Waals surface area contributed by atoms with Crippen molar-refractivity contribution in [3.63, 3.8) is 0 Å². The molecule has 3 aromatic rings. The van der Waals surface area contributed by atoms with Crippen molar-refractivity contribution < 1.29 is 22.6 Å². The van der Waals surface area contributed by atoms with Crippen LogP contribution in [0.1, 0.15) is 11.4 Å². The first kappa shape index (κ1) is 24.3. The van der Waals surface area contributed by atoms with Gasteiger partial charge in [0.15, 0.2) is 16.5 Å². The van der Waals surface area contributed by atoms with Crippen LogP contribution in [-0.4, -0.2) is 54.1 Å². The Morgan fingerprint density at radius 1 is 1.26 bits per heavy atom. The quantitative estimate of drug-likeness (QED) is 0.254. The summed E-state index contributed by atoms with van der Waals surface area (Å²) in [6.07, 6.45) is 4.31. The van der Waals surface area contributed by atoms with E-state index < -0.39 is 31.6 Å². The number of para-hydroxylation sites is 1. The minimum atomic E-state index is -4.30. The number of nitrogens with zero attached hydrogens (tertiary/aromatic N) is 4. The molecule has 1 aliphatic rings. The summed E-state index contributed by atoms with van der Waals surface area (Å²) < 4.78 is 39.4. The monoisotopic (exact) mass is 497 g/mol. The number of nitro benzene ring substituents is 1. The lowest BCUT2D eigenvalue weighted by Gasteiger charge is -2.31. The van der Waals surface area contributed by atoms with Crippen LogP contribution >= 0.6 is 0 Å². The molecule has 1 atom stereocenters. The summed E-state index contributed by atoms with van der Waals surface area (Å²) in [5.74, 6) is 0.188. The van der Waals surface area contributed by atoms with E-state index in [1.807, 2.05) is 35.2 Å². The van der Waals surface area contributed by atoms with Gasteiger partial charge in [-0.05, 0) is 17.7 Å². The summed E-state index contributed by atoms with van der Waals surface area (Å²) >= 11 is 0. The molecule has 0 fully saturated rings. The number of aromatic nitrogens is 2. The van der Waals surface area contributed by atoms with E-state index in [4.69, 9.17) is 9.26 Å². The molecule has 1 aromatic heterocycles. The van der Waals surface area contributed by atoms with E-state index in [9.17, 15) is 18.5 Å². The second kappa shape index (κ2) is 10.6. The van der Waals surface area contributed by atoms with E-state index in [0.717, 1.165) is 5.56 Å². The Morgan fingerprint density at radius 3 is 2.74 bits per heavy atom. The highest BCUT2D eigenvalue weighted by molar-refractivity contribution is 7.89. The second-order valence-electron chi connectivity index (χ2n) is 7.79. The Balaban J connectivity index is 1.65. The molecule has 0 aliphatic carbocycles. The van der Waals surface area contributed by atoms with Crippen molar-refractivity contribution in [1.29, 1.82) is 0 Å². The van der Waals surface area contributed by atoms with Crippen LogP contribution in [0.3, 0.4) is 0 Å². The zero-order valence-electron chi connectivity index (χ0n) is 18.6. The number of rotatable bonds is 10. The van der Waals surface area contributed by atoms with Gasteiger partial charge in [-0.1, -0.05) is 60.3 Å². The largest absolute Gasteiger partial charge is 0.483 e. The molecule has 0 amide bonds. The highest BCUT2D eigenvalue weighted by Gasteiger charge is 2.33. The molecule has 0 spiro atoms. The molecule has 2 aromatic carbocycles. The summed E-state index contributed by atoms with van der Waals surface area (Å²) in [4.78, 5) is 16.6. The highest BCUT2D eigenvalue weighted by Crippen LogP contribution is 2.34. The van der Waals surface area contributed by atoms with Gasteiger partial charge in [0.25, 0.3) is 0 Å². The van der Waals surface area contributed by atoms with Gasteiger partial charge in [-0.3, -0.25) is 15.0 Å². The van der Waals surface area contributed by atoms with Crippen molar-refractivity contribution in [3.05, 3.63) is 95.2 Å². The van der Waals surface area contributed by atoms with Gasteiger partial charge >= 0.3 is 5.69 Å². The molecule has 0 radical (unpaired) electrons. The van der Waals surface area contributed by atoms with Gasteiger partial charge < -0.3 is 9.26 Å². The van der Waals surface area contributed by atoms with Crippen molar-refractivity contribution in [3.8, 4) is 5.75 Å². The Morgan fingerprint density at radius 2 is 2.06 bits per heavy atom. The van der Waals surface area contributed by atoms with Crippen LogP contribution in [0.5, 0.6) is 5.75 Å². The number of hydrogen-bond acceptors (Lipinski definition) is 9. The lowest BCUT2D eigenvalue weighted by molar-refractivity contribution is -0.388. The average molecular weight is 498 g/mol. The molecule has 4 rings (SSSR count). The first-order valence-corrected chi connectivity index (χ1v) is 12.1. The topological polar surface area (TPSA) is 141 Å². The Bertz CT molecular complexity index is 1330. The fourth-order valence-electron chi connectivity index (χ4n) is 3.85. The van der Waals surface area contributed by atoms with Gasteiger partial charge in [0.1, 0.15) is 6.61 Å². The van der Waals surface area contributed by atoms with E-state index in [2.05, 4.69) is 21.4 Å². The van der Waals surface area contributed by atoms with Crippen molar-refractivity contribution in [2.24, 2.45) is 0 Å². The molecular formula is C23H23N5O6S. The summed E-state index contributed by atoms with van der Waals surface area (Å²) in [6, 6.07) is 12.9. The third-order valence-electron chi connectivity index (χ3n) is 5.25. The van der Waals surface area contributed by atoms with E-state index in [0.29, 0.717) is 31.0 Å². The minimum absolute atomic E-state index is 0.00830. The van der Waals surface area contributed by atoms with Crippen LogP contribution in [0.25, 0.3) is 5.57 Å². The van der Waals surface area contributed by atoms with Crippen molar-refractivity contribution in [1.82, 2.24) is 19.8 Å². The van der Waals surface area contributed by atoms with Crippen LogP contribution in [0.2, 0.25) is 0 Å². The van der Waals surface area contributed by atoms with E-state index in [-0.39, 0.29) is 12.4 Å². The molecule has 11 nitrogen and oxygen atoms in total. The summed E-state index contributed by atoms with van der Waals surface area (Å²) in [6.45, 7) is 4.86. The molecule has 0 saturated carbocycles. The van der Waals surface area contributed by atoms with Crippen molar-refractivity contribution in [2.45, 2.75) is 17.5 Å². The lowest BCUT2D eigenvalue weighted by atomic mass is 10.1. The van der Waals surface area contributed by atoms with E-state index in [1.54, 1.807) is 6.08 Å². The van der Waals surface area contributed by atoms with Crippen molar-refractivity contribution >= 4 is 21.3 Å². The van der Waals surface area contributed by atoms with Gasteiger partial charge in [-0.15, -0.1) is 0 Å². The van der Waals surface area contributed by atoms with E-state index >= 15 is 0 Å². The van der Waals surface area contributed by atoms with Crippen molar-refractivity contribution in [2.75, 3.05) is 19.7 Å². The SMILES string of the molecule is C=CCOc1cccc(S(=O)(=O)NC2C=C(c3ncon3)CN(Cc3ccccc3)C2)c1[N+](=O)[O-]. The first-order valence-electron chi connectivity index (χ1n) is 10.6. The molecule has 182 valence electrons. The average Bonchev–Trinajstić information content (AvgIpc) is 3.38. The smallest absolute Gasteiger partial charge is 0.330 e. The number of sulfonamides is 1. The van der Waals surface area contributed by atoms with Crippen LogP contribution in [0.15, 0.2) is 83.1 Å². The summed E-state index contributed by atoms with van der Waals surface area (Å²) in [5, 5.41) is 15.6. The zero-order valence-corrected chi connectivity index (χ0v) is 19.4.